The van der Waals surface area contributed by atoms with Gasteiger partial charge in [0.1, 0.15) is 6.26 Å². The number of nitrogens with zero attached hydrogens (tertiary/aromatic N) is 4. The van der Waals surface area contributed by atoms with Crippen LogP contribution in [0.5, 0.6) is 0 Å². The monoisotopic (exact) mass is 382 g/mol. The molecule has 0 bridgehead atoms. The maximum absolute atomic E-state index is 13.3. The second kappa shape index (κ2) is 7.10. The first kappa shape index (κ1) is 18.2. The highest BCUT2D eigenvalue weighted by Crippen LogP contribution is 2.26. The number of hydrogen-bond donors (Lipinski definition) is 0. The summed E-state index contributed by atoms with van der Waals surface area (Å²) in [4.78, 5) is 33.7. The van der Waals surface area contributed by atoms with Crippen LogP contribution in [-0.2, 0) is 0 Å². The number of rotatable bonds is 3. The summed E-state index contributed by atoms with van der Waals surface area (Å²) in [6.45, 7) is 7.73. The van der Waals surface area contributed by atoms with Crippen LogP contribution in [0.15, 0.2) is 33.6 Å². The Bertz CT molecular complexity index is 1010. The van der Waals surface area contributed by atoms with E-state index in [9.17, 15) is 9.59 Å². The van der Waals surface area contributed by atoms with Gasteiger partial charge in [0.05, 0.1) is 28.5 Å². The van der Waals surface area contributed by atoms with Crippen LogP contribution in [-0.4, -0.2) is 57.9 Å². The van der Waals surface area contributed by atoms with E-state index in [1.165, 1.54) is 12.5 Å². The summed E-state index contributed by atoms with van der Waals surface area (Å²) in [5, 5.41) is 4.64. The third kappa shape index (κ3) is 3.15. The van der Waals surface area contributed by atoms with E-state index in [2.05, 4.69) is 10.1 Å². The fourth-order valence-electron chi connectivity index (χ4n) is 3.43. The predicted molar refractivity (Wildman–Crippen MR) is 101 cm³/mol. The number of aromatic nitrogens is 2. The van der Waals surface area contributed by atoms with Gasteiger partial charge >= 0.3 is 0 Å². The molecule has 3 aromatic heterocycles. The lowest BCUT2D eigenvalue weighted by atomic mass is 10.0. The van der Waals surface area contributed by atoms with E-state index < -0.39 is 0 Å². The second-order valence-corrected chi connectivity index (χ2v) is 7.29. The molecule has 0 N–H and O–H groups in total. The Morgan fingerprint density at radius 3 is 2.39 bits per heavy atom. The third-order valence-electron chi connectivity index (χ3n) is 5.08. The zero-order chi connectivity index (χ0) is 19.8. The summed E-state index contributed by atoms with van der Waals surface area (Å²) in [6, 6.07) is 3.48. The average Bonchev–Trinajstić information content (AvgIpc) is 3.37. The number of aryl methyl sites for hydroxylation is 1. The topological polar surface area (TPSA) is 92.7 Å². The van der Waals surface area contributed by atoms with Gasteiger partial charge in [-0.15, -0.1) is 0 Å². The lowest BCUT2D eigenvalue weighted by Gasteiger charge is -2.34. The molecule has 4 rings (SSSR count). The number of piperazine rings is 1. The molecule has 1 aliphatic heterocycles. The molecule has 1 saturated heterocycles. The number of amides is 2. The van der Waals surface area contributed by atoms with Crippen LogP contribution in [0.1, 0.15) is 51.9 Å². The molecule has 4 heterocycles. The number of carbonyl (C=O) groups is 2. The van der Waals surface area contributed by atoms with Gasteiger partial charge in [0.25, 0.3) is 17.5 Å². The molecule has 1 fully saturated rings. The van der Waals surface area contributed by atoms with Crippen molar-refractivity contribution in [3.05, 3.63) is 47.2 Å². The van der Waals surface area contributed by atoms with Crippen LogP contribution in [0, 0.1) is 6.92 Å². The summed E-state index contributed by atoms with van der Waals surface area (Å²) < 4.78 is 10.3. The van der Waals surface area contributed by atoms with Crippen LogP contribution < -0.4 is 0 Å². The van der Waals surface area contributed by atoms with Gasteiger partial charge in [0.2, 0.25) is 0 Å². The van der Waals surface area contributed by atoms with Gasteiger partial charge in [-0.2, -0.15) is 0 Å². The zero-order valence-electron chi connectivity index (χ0n) is 16.1. The van der Waals surface area contributed by atoms with Gasteiger partial charge in [0, 0.05) is 31.9 Å². The Morgan fingerprint density at radius 2 is 1.79 bits per heavy atom. The molecule has 0 atom stereocenters. The van der Waals surface area contributed by atoms with E-state index in [0.29, 0.717) is 54.1 Å². The molecule has 0 saturated carbocycles. The molecule has 0 aliphatic carbocycles. The predicted octanol–water partition coefficient (Wildman–Crippen LogP) is 2.85. The molecule has 0 unspecified atom stereocenters. The number of fused-ring (bicyclic) bond motifs is 1. The van der Waals surface area contributed by atoms with E-state index in [1.54, 1.807) is 22.8 Å². The van der Waals surface area contributed by atoms with Crippen molar-refractivity contribution in [1.82, 2.24) is 19.9 Å². The highest BCUT2D eigenvalue weighted by molar-refractivity contribution is 6.06. The summed E-state index contributed by atoms with van der Waals surface area (Å²) >= 11 is 0. The smallest absolute Gasteiger partial charge is 0.259 e. The Morgan fingerprint density at radius 1 is 1.11 bits per heavy atom. The average molecular weight is 382 g/mol. The van der Waals surface area contributed by atoms with Crippen molar-refractivity contribution in [3.8, 4) is 0 Å². The Labute approximate surface area is 162 Å². The number of carbonyl (C=O) groups excluding carboxylic acids is 2. The normalized spacial score (nSPS) is 14.9. The summed E-state index contributed by atoms with van der Waals surface area (Å²) in [5.41, 5.74) is 2.91. The Hall–Kier alpha value is -3.16. The van der Waals surface area contributed by atoms with Gasteiger partial charge in [-0.3, -0.25) is 9.59 Å². The molecule has 146 valence electrons. The maximum Gasteiger partial charge on any atom is 0.259 e. The van der Waals surface area contributed by atoms with E-state index >= 15 is 0 Å². The Kier molecular flexibility index (Phi) is 4.62. The first-order chi connectivity index (χ1) is 13.5. The molecule has 3 aromatic rings. The van der Waals surface area contributed by atoms with Crippen molar-refractivity contribution >= 4 is 22.9 Å². The van der Waals surface area contributed by atoms with Crippen molar-refractivity contribution in [2.24, 2.45) is 0 Å². The standard InChI is InChI=1S/C20H22N4O4/c1-12(2)16-10-15(17-13(3)22-28-18(17)21-16)20(26)24-7-5-23(6-8-24)19(25)14-4-9-27-11-14/h4,9-12H,5-8H2,1-3H3. The van der Waals surface area contributed by atoms with Crippen LogP contribution in [0.4, 0.5) is 0 Å². The number of pyridine rings is 1. The molecule has 0 spiro atoms. The Balaban J connectivity index is 1.56. The fraction of sp³-hybridized carbons (Fsp3) is 0.400. The van der Waals surface area contributed by atoms with Gasteiger partial charge in [-0.05, 0) is 25.0 Å². The summed E-state index contributed by atoms with van der Waals surface area (Å²) in [6.07, 6.45) is 2.92. The molecule has 0 radical (unpaired) electrons. The first-order valence-corrected chi connectivity index (χ1v) is 9.33. The lowest BCUT2D eigenvalue weighted by Crippen LogP contribution is -2.50. The van der Waals surface area contributed by atoms with E-state index in [0.717, 1.165) is 5.69 Å². The van der Waals surface area contributed by atoms with E-state index in [-0.39, 0.29) is 17.7 Å². The van der Waals surface area contributed by atoms with Crippen LogP contribution in [0.3, 0.4) is 0 Å². The number of hydrogen-bond acceptors (Lipinski definition) is 6. The SMILES string of the molecule is Cc1noc2nc(C(C)C)cc(C(=O)N3CCN(C(=O)c4ccoc4)CC3)c12. The quantitative estimate of drug-likeness (QED) is 0.692. The van der Waals surface area contributed by atoms with Gasteiger partial charge in [-0.1, -0.05) is 19.0 Å². The van der Waals surface area contributed by atoms with Gasteiger partial charge < -0.3 is 18.7 Å². The van der Waals surface area contributed by atoms with Crippen LogP contribution in [0.2, 0.25) is 0 Å². The molecule has 2 amide bonds. The van der Waals surface area contributed by atoms with Crippen molar-refractivity contribution in [3.63, 3.8) is 0 Å². The fourth-order valence-corrected chi connectivity index (χ4v) is 3.43. The first-order valence-electron chi connectivity index (χ1n) is 9.33. The molecular formula is C20H22N4O4. The minimum absolute atomic E-state index is 0.0795. The van der Waals surface area contributed by atoms with Crippen LogP contribution in [0.25, 0.3) is 11.1 Å². The number of furan rings is 1. The van der Waals surface area contributed by atoms with Gasteiger partial charge in [0.15, 0.2) is 0 Å². The van der Waals surface area contributed by atoms with Crippen molar-refractivity contribution < 1.29 is 18.5 Å². The van der Waals surface area contributed by atoms with E-state index in [1.807, 2.05) is 19.9 Å². The van der Waals surface area contributed by atoms with Crippen molar-refractivity contribution in [1.29, 1.82) is 0 Å². The molecule has 0 aromatic carbocycles. The zero-order valence-corrected chi connectivity index (χ0v) is 16.1. The molecule has 8 nitrogen and oxygen atoms in total. The lowest BCUT2D eigenvalue weighted by molar-refractivity contribution is 0.0536. The molecule has 8 heteroatoms. The minimum Gasteiger partial charge on any atom is -0.472 e. The molecule has 1 aliphatic rings. The van der Waals surface area contributed by atoms with Crippen molar-refractivity contribution in [2.45, 2.75) is 26.7 Å². The van der Waals surface area contributed by atoms with Crippen molar-refractivity contribution in [2.75, 3.05) is 26.2 Å². The minimum atomic E-state index is -0.0870. The molecular weight excluding hydrogens is 360 g/mol. The summed E-state index contributed by atoms with van der Waals surface area (Å²) in [5.74, 6) is -0.00841. The van der Waals surface area contributed by atoms with E-state index in [4.69, 9.17) is 8.94 Å². The highest BCUT2D eigenvalue weighted by atomic mass is 16.5. The highest BCUT2D eigenvalue weighted by Gasteiger charge is 2.28. The molecule has 28 heavy (non-hydrogen) atoms. The van der Waals surface area contributed by atoms with Gasteiger partial charge in [-0.25, -0.2) is 4.98 Å². The second-order valence-electron chi connectivity index (χ2n) is 7.29. The summed E-state index contributed by atoms with van der Waals surface area (Å²) in [7, 11) is 0. The van der Waals surface area contributed by atoms with Crippen LogP contribution >= 0.6 is 0 Å². The maximum atomic E-state index is 13.3. The third-order valence-corrected chi connectivity index (χ3v) is 5.08. The largest absolute Gasteiger partial charge is 0.472 e.